The van der Waals surface area contributed by atoms with Crippen LogP contribution in [0.25, 0.3) is 0 Å². The summed E-state index contributed by atoms with van der Waals surface area (Å²) >= 11 is 6.89. The van der Waals surface area contributed by atoms with Gasteiger partial charge in [-0.15, -0.1) is 0 Å². The first-order valence-electron chi connectivity index (χ1n) is 9.54. The average Bonchev–Trinajstić information content (AvgIpc) is 2.65. The Kier molecular flexibility index (Phi) is 7.93. The predicted molar refractivity (Wildman–Crippen MR) is 123 cm³/mol. The largest absolute Gasteiger partial charge is 0.508 e. The monoisotopic (exact) mass is 541 g/mol. The minimum Gasteiger partial charge on any atom is -0.508 e. The maximum atomic E-state index is 12.6. The Hall–Kier alpha value is -2.06. The molecule has 0 aliphatic heterocycles. The van der Waals surface area contributed by atoms with Crippen molar-refractivity contribution in [2.24, 2.45) is 5.41 Å². The zero-order valence-electron chi connectivity index (χ0n) is 17.3. The summed E-state index contributed by atoms with van der Waals surface area (Å²) < 4.78 is 7.11. The lowest BCUT2D eigenvalue weighted by atomic mass is 9.84. The number of aromatic hydroxyl groups is 1. The highest BCUT2D eigenvalue weighted by atomic mass is 79.9. The van der Waals surface area contributed by atoms with Crippen molar-refractivity contribution < 1.29 is 24.5 Å². The number of anilines is 1. The molecule has 2 aromatic rings. The third-order valence-corrected chi connectivity index (χ3v) is 6.00. The Morgan fingerprint density at radius 1 is 1.17 bits per heavy atom. The zero-order chi connectivity index (χ0) is 22.6. The van der Waals surface area contributed by atoms with Crippen LogP contribution in [0.4, 0.5) is 5.69 Å². The van der Waals surface area contributed by atoms with Gasteiger partial charge in [0.15, 0.2) is 5.75 Å². The summed E-state index contributed by atoms with van der Waals surface area (Å²) in [6.45, 7) is 7.21. The van der Waals surface area contributed by atoms with Gasteiger partial charge >= 0.3 is 5.97 Å². The minimum atomic E-state index is -1.51. The molecule has 0 aromatic heterocycles. The van der Waals surface area contributed by atoms with Gasteiger partial charge in [-0.05, 0) is 81.5 Å². The fraction of sp³-hybridized carbons (Fsp3) is 0.364. The van der Waals surface area contributed by atoms with Crippen molar-refractivity contribution in [3.63, 3.8) is 0 Å². The maximum absolute atomic E-state index is 12.6. The molecule has 1 unspecified atom stereocenters. The number of phenols is 1. The van der Waals surface area contributed by atoms with Gasteiger partial charge in [-0.2, -0.15) is 0 Å². The van der Waals surface area contributed by atoms with Crippen molar-refractivity contribution >= 4 is 49.4 Å². The zero-order valence-corrected chi connectivity index (χ0v) is 20.4. The van der Waals surface area contributed by atoms with Crippen LogP contribution in [0.5, 0.6) is 17.2 Å². The van der Waals surface area contributed by atoms with E-state index < -0.39 is 17.3 Å². The van der Waals surface area contributed by atoms with E-state index in [0.29, 0.717) is 32.6 Å². The second-order valence-electron chi connectivity index (χ2n) is 7.59. The summed E-state index contributed by atoms with van der Waals surface area (Å²) in [6.07, 6.45) is 0.804. The standard InChI is InChI=1S/C22H25Br2NO5/c1-5-8-22(4,21(28)29)20(27)25-13-9-16(23)19(17(24)10-13)30-14-6-7-18(26)15(11-14)12(2)3/h6-7,9-12,26H,5,8H2,1-4H3,(H,25,27)(H,28,29). The summed E-state index contributed by atoms with van der Waals surface area (Å²) in [7, 11) is 0. The van der Waals surface area contributed by atoms with Crippen LogP contribution in [-0.2, 0) is 9.59 Å². The van der Waals surface area contributed by atoms with E-state index in [1.807, 2.05) is 20.8 Å². The SMILES string of the molecule is CCCC(C)(C(=O)O)C(=O)Nc1cc(Br)c(Oc2ccc(O)c(C(C)C)c2)c(Br)c1. The average molecular weight is 543 g/mol. The topological polar surface area (TPSA) is 95.9 Å². The number of hydrogen-bond donors (Lipinski definition) is 3. The first kappa shape index (κ1) is 24.2. The molecule has 0 fully saturated rings. The van der Waals surface area contributed by atoms with Gasteiger partial charge < -0.3 is 20.3 Å². The van der Waals surface area contributed by atoms with Gasteiger partial charge in [0.05, 0.1) is 8.95 Å². The molecule has 0 aliphatic carbocycles. The van der Waals surface area contributed by atoms with Crippen molar-refractivity contribution in [2.45, 2.75) is 46.5 Å². The number of aliphatic carboxylic acids is 1. The van der Waals surface area contributed by atoms with Crippen LogP contribution >= 0.6 is 31.9 Å². The lowest BCUT2D eigenvalue weighted by Gasteiger charge is -2.23. The molecular weight excluding hydrogens is 518 g/mol. The summed E-state index contributed by atoms with van der Waals surface area (Å²) in [5.41, 5.74) is -0.307. The van der Waals surface area contributed by atoms with Gasteiger partial charge in [-0.25, -0.2) is 0 Å². The predicted octanol–water partition coefficient (Wildman–Crippen LogP) is 6.66. The molecule has 0 heterocycles. The van der Waals surface area contributed by atoms with Gasteiger partial charge in [0.25, 0.3) is 0 Å². The van der Waals surface area contributed by atoms with Crippen LogP contribution in [0.3, 0.4) is 0 Å². The summed E-state index contributed by atoms with van der Waals surface area (Å²) in [6, 6.07) is 8.32. The number of carboxylic acid groups (broad SMARTS) is 1. The number of carboxylic acids is 1. The second kappa shape index (κ2) is 9.83. The molecule has 0 radical (unpaired) electrons. The highest BCUT2D eigenvalue weighted by Crippen LogP contribution is 2.41. The quantitative estimate of drug-likeness (QED) is 0.324. The smallest absolute Gasteiger partial charge is 0.318 e. The lowest BCUT2D eigenvalue weighted by Crippen LogP contribution is -2.40. The number of benzene rings is 2. The number of halogens is 2. The highest BCUT2D eigenvalue weighted by Gasteiger charge is 2.40. The molecular formula is C22H25Br2NO5. The molecule has 0 saturated carbocycles. The van der Waals surface area contributed by atoms with Crippen LogP contribution in [0.2, 0.25) is 0 Å². The minimum absolute atomic E-state index is 0.129. The van der Waals surface area contributed by atoms with E-state index in [-0.39, 0.29) is 18.1 Å². The van der Waals surface area contributed by atoms with E-state index >= 15 is 0 Å². The molecule has 0 aliphatic rings. The van der Waals surface area contributed by atoms with Crippen LogP contribution in [0.1, 0.15) is 52.0 Å². The van der Waals surface area contributed by atoms with Crippen LogP contribution < -0.4 is 10.1 Å². The van der Waals surface area contributed by atoms with Crippen molar-refractivity contribution in [3.05, 3.63) is 44.8 Å². The van der Waals surface area contributed by atoms with Crippen LogP contribution in [0, 0.1) is 5.41 Å². The molecule has 1 atom stereocenters. The van der Waals surface area contributed by atoms with E-state index in [4.69, 9.17) is 4.74 Å². The Morgan fingerprint density at radius 3 is 2.27 bits per heavy atom. The number of carbonyl (C=O) groups is 2. The number of amides is 1. The van der Waals surface area contributed by atoms with Gasteiger partial charge in [0.2, 0.25) is 5.91 Å². The second-order valence-corrected chi connectivity index (χ2v) is 9.30. The number of hydrogen-bond acceptors (Lipinski definition) is 4. The Morgan fingerprint density at radius 2 is 1.77 bits per heavy atom. The molecule has 0 bridgehead atoms. The summed E-state index contributed by atoms with van der Waals surface area (Å²) in [5, 5.41) is 22.2. The molecule has 3 N–H and O–H groups in total. The number of carbonyl (C=O) groups excluding carboxylic acids is 1. The van der Waals surface area contributed by atoms with Crippen molar-refractivity contribution in [1.29, 1.82) is 0 Å². The van der Waals surface area contributed by atoms with E-state index in [1.165, 1.54) is 6.92 Å². The first-order chi connectivity index (χ1) is 14.0. The number of ether oxygens (including phenoxy) is 1. The summed E-state index contributed by atoms with van der Waals surface area (Å²) in [4.78, 5) is 24.2. The van der Waals surface area contributed by atoms with E-state index in [0.717, 1.165) is 5.56 Å². The lowest BCUT2D eigenvalue weighted by molar-refractivity contribution is -0.153. The summed E-state index contributed by atoms with van der Waals surface area (Å²) in [5.74, 6) is -0.358. The van der Waals surface area contributed by atoms with Gasteiger partial charge in [0, 0.05) is 11.3 Å². The molecule has 8 heteroatoms. The first-order valence-corrected chi connectivity index (χ1v) is 11.1. The number of phenolic OH excluding ortho intramolecular Hbond substituents is 1. The Labute approximate surface area is 192 Å². The fourth-order valence-corrected chi connectivity index (χ4v) is 4.34. The van der Waals surface area contributed by atoms with Crippen molar-refractivity contribution in [3.8, 4) is 17.2 Å². The van der Waals surface area contributed by atoms with Crippen LogP contribution in [0.15, 0.2) is 39.3 Å². The van der Waals surface area contributed by atoms with Gasteiger partial charge in [-0.3, -0.25) is 9.59 Å². The maximum Gasteiger partial charge on any atom is 0.318 e. The van der Waals surface area contributed by atoms with E-state index in [1.54, 1.807) is 30.3 Å². The number of nitrogens with one attached hydrogen (secondary N) is 1. The fourth-order valence-electron chi connectivity index (χ4n) is 2.99. The molecule has 162 valence electrons. The molecule has 2 rings (SSSR count). The Balaban J connectivity index is 2.29. The Bertz CT molecular complexity index is 938. The van der Waals surface area contributed by atoms with Crippen molar-refractivity contribution in [1.82, 2.24) is 0 Å². The number of rotatable bonds is 8. The van der Waals surface area contributed by atoms with Crippen molar-refractivity contribution in [2.75, 3.05) is 5.32 Å². The van der Waals surface area contributed by atoms with Gasteiger partial charge in [0.1, 0.15) is 16.9 Å². The molecule has 30 heavy (non-hydrogen) atoms. The van der Waals surface area contributed by atoms with E-state index in [9.17, 15) is 19.8 Å². The molecule has 6 nitrogen and oxygen atoms in total. The van der Waals surface area contributed by atoms with Crippen LogP contribution in [-0.4, -0.2) is 22.1 Å². The normalized spacial score (nSPS) is 13.0. The third-order valence-electron chi connectivity index (χ3n) is 4.82. The molecule has 0 saturated heterocycles. The van der Waals surface area contributed by atoms with Gasteiger partial charge in [-0.1, -0.05) is 27.2 Å². The molecule has 1 amide bonds. The van der Waals surface area contributed by atoms with E-state index in [2.05, 4.69) is 37.2 Å². The molecule has 2 aromatic carbocycles. The third kappa shape index (κ3) is 5.35. The molecule has 0 spiro atoms. The highest BCUT2D eigenvalue weighted by molar-refractivity contribution is 9.11.